The van der Waals surface area contributed by atoms with Gasteiger partial charge < -0.3 is 10.6 Å². The molecule has 2 heterocycles. The predicted octanol–water partition coefficient (Wildman–Crippen LogP) is 2.01. The molecule has 0 atom stereocenters. The molecule has 1 aliphatic rings. The van der Waals surface area contributed by atoms with Crippen LogP contribution in [-0.2, 0) is 0 Å². The van der Waals surface area contributed by atoms with Crippen molar-refractivity contribution in [1.82, 2.24) is 10.3 Å². The van der Waals surface area contributed by atoms with Crippen molar-refractivity contribution in [3.05, 3.63) is 22.8 Å². The summed E-state index contributed by atoms with van der Waals surface area (Å²) in [4.78, 5) is 4.29. The summed E-state index contributed by atoms with van der Waals surface area (Å²) in [7, 11) is 0. The van der Waals surface area contributed by atoms with Gasteiger partial charge in [0, 0.05) is 16.7 Å². The van der Waals surface area contributed by atoms with Crippen molar-refractivity contribution in [2.45, 2.75) is 18.9 Å². The summed E-state index contributed by atoms with van der Waals surface area (Å²) in [6.45, 7) is 2.21. The molecule has 2 N–H and O–H groups in total. The van der Waals surface area contributed by atoms with E-state index in [2.05, 4.69) is 31.5 Å². The van der Waals surface area contributed by atoms with Gasteiger partial charge in [0.2, 0.25) is 0 Å². The van der Waals surface area contributed by atoms with E-state index in [1.54, 1.807) is 0 Å². The van der Waals surface area contributed by atoms with E-state index < -0.39 is 0 Å². The van der Waals surface area contributed by atoms with Crippen LogP contribution in [0.1, 0.15) is 12.8 Å². The quantitative estimate of drug-likeness (QED) is 0.849. The normalized spacial score (nSPS) is 18.1. The van der Waals surface area contributed by atoms with Gasteiger partial charge in [0.05, 0.1) is 0 Å². The van der Waals surface area contributed by atoms with E-state index in [4.69, 9.17) is 0 Å². The van der Waals surface area contributed by atoms with Gasteiger partial charge in [0.15, 0.2) is 0 Å². The molecular formula is C10H14BrN3. The Labute approximate surface area is 92.4 Å². The Bertz CT molecular complexity index is 280. The monoisotopic (exact) mass is 255 g/mol. The van der Waals surface area contributed by atoms with Crippen LogP contribution in [-0.4, -0.2) is 24.1 Å². The van der Waals surface area contributed by atoms with Crippen LogP contribution in [0.25, 0.3) is 0 Å². The zero-order valence-electron chi connectivity index (χ0n) is 7.96. The van der Waals surface area contributed by atoms with Crippen molar-refractivity contribution in [3.8, 4) is 0 Å². The van der Waals surface area contributed by atoms with Crippen LogP contribution in [0.5, 0.6) is 0 Å². The summed E-state index contributed by atoms with van der Waals surface area (Å²) >= 11 is 3.37. The van der Waals surface area contributed by atoms with Gasteiger partial charge in [-0.1, -0.05) is 0 Å². The van der Waals surface area contributed by atoms with Gasteiger partial charge in [0.25, 0.3) is 0 Å². The minimum atomic E-state index is 0.574. The zero-order valence-corrected chi connectivity index (χ0v) is 9.55. The Morgan fingerprint density at radius 3 is 2.79 bits per heavy atom. The Morgan fingerprint density at radius 1 is 1.36 bits per heavy atom. The van der Waals surface area contributed by atoms with Crippen LogP contribution >= 0.6 is 15.9 Å². The van der Waals surface area contributed by atoms with Crippen molar-refractivity contribution < 1.29 is 0 Å². The first kappa shape index (κ1) is 9.93. The minimum Gasteiger partial charge on any atom is -0.367 e. The highest BCUT2D eigenvalue weighted by Gasteiger charge is 2.12. The van der Waals surface area contributed by atoms with Crippen LogP contribution in [0.4, 0.5) is 5.82 Å². The largest absolute Gasteiger partial charge is 0.367 e. The number of nitrogens with zero attached hydrogens (tertiary/aromatic N) is 1. The van der Waals surface area contributed by atoms with Crippen molar-refractivity contribution in [3.63, 3.8) is 0 Å². The number of hydrogen-bond donors (Lipinski definition) is 2. The molecule has 3 nitrogen and oxygen atoms in total. The van der Waals surface area contributed by atoms with Crippen LogP contribution in [0.3, 0.4) is 0 Å². The number of anilines is 1. The average molecular weight is 256 g/mol. The molecule has 1 aliphatic heterocycles. The molecule has 0 amide bonds. The van der Waals surface area contributed by atoms with Gasteiger partial charge in [-0.05, 0) is 54.0 Å². The fourth-order valence-corrected chi connectivity index (χ4v) is 1.87. The molecule has 1 aromatic rings. The highest BCUT2D eigenvalue weighted by atomic mass is 79.9. The maximum Gasteiger partial charge on any atom is 0.126 e. The fraction of sp³-hybridized carbons (Fsp3) is 0.500. The van der Waals surface area contributed by atoms with Crippen molar-refractivity contribution in [2.75, 3.05) is 18.4 Å². The van der Waals surface area contributed by atoms with E-state index in [9.17, 15) is 0 Å². The summed E-state index contributed by atoms with van der Waals surface area (Å²) in [6, 6.07) is 4.59. The predicted molar refractivity (Wildman–Crippen MR) is 61.5 cm³/mol. The maximum atomic E-state index is 4.29. The molecule has 1 saturated heterocycles. The third-order valence-electron chi connectivity index (χ3n) is 2.42. The molecule has 4 heteroatoms. The van der Waals surface area contributed by atoms with Crippen molar-refractivity contribution in [2.24, 2.45) is 0 Å². The lowest BCUT2D eigenvalue weighted by Crippen LogP contribution is -2.35. The molecule has 1 aromatic heterocycles. The van der Waals surface area contributed by atoms with Crippen molar-refractivity contribution >= 4 is 21.7 Å². The summed E-state index contributed by atoms with van der Waals surface area (Å²) in [6.07, 6.45) is 4.18. The van der Waals surface area contributed by atoms with Gasteiger partial charge in [-0.25, -0.2) is 4.98 Å². The Kier molecular flexibility index (Phi) is 3.37. The van der Waals surface area contributed by atoms with Crippen LogP contribution in [0.2, 0.25) is 0 Å². The Balaban J connectivity index is 1.92. The first-order chi connectivity index (χ1) is 6.84. The van der Waals surface area contributed by atoms with E-state index in [1.165, 1.54) is 12.8 Å². The SMILES string of the molecule is Brc1ccc(NC2CCNCC2)nc1. The molecule has 2 rings (SSSR count). The van der Waals surface area contributed by atoms with Crippen LogP contribution in [0, 0.1) is 0 Å². The molecule has 14 heavy (non-hydrogen) atoms. The third-order valence-corrected chi connectivity index (χ3v) is 2.89. The zero-order chi connectivity index (χ0) is 9.80. The van der Waals surface area contributed by atoms with Crippen LogP contribution in [0.15, 0.2) is 22.8 Å². The molecule has 1 fully saturated rings. The summed E-state index contributed by atoms with van der Waals surface area (Å²) in [5.74, 6) is 0.972. The highest BCUT2D eigenvalue weighted by Crippen LogP contribution is 2.13. The fourth-order valence-electron chi connectivity index (χ4n) is 1.64. The molecule has 0 aromatic carbocycles. The van der Waals surface area contributed by atoms with Crippen LogP contribution < -0.4 is 10.6 Å². The smallest absolute Gasteiger partial charge is 0.126 e. The van der Waals surface area contributed by atoms with E-state index in [-0.39, 0.29) is 0 Å². The Hall–Kier alpha value is -0.610. The molecule has 0 radical (unpaired) electrons. The molecular weight excluding hydrogens is 242 g/mol. The summed E-state index contributed by atoms with van der Waals surface area (Å²) < 4.78 is 1.02. The Morgan fingerprint density at radius 2 is 2.14 bits per heavy atom. The standard InChI is InChI=1S/C10H14BrN3/c11-8-1-2-10(13-7-8)14-9-3-5-12-6-4-9/h1-2,7,9,12H,3-6H2,(H,13,14). The van der Waals surface area contributed by atoms with E-state index >= 15 is 0 Å². The number of halogens is 1. The van der Waals surface area contributed by atoms with Crippen molar-refractivity contribution in [1.29, 1.82) is 0 Å². The van der Waals surface area contributed by atoms with E-state index in [0.717, 1.165) is 23.4 Å². The second-order valence-electron chi connectivity index (χ2n) is 3.53. The number of nitrogens with one attached hydrogen (secondary N) is 2. The first-order valence-electron chi connectivity index (χ1n) is 4.93. The number of aromatic nitrogens is 1. The molecule has 0 bridgehead atoms. The molecule has 76 valence electrons. The van der Waals surface area contributed by atoms with Gasteiger partial charge >= 0.3 is 0 Å². The number of pyridine rings is 1. The second kappa shape index (κ2) is 4.75. The lowest BCUT2D eigenvalue weighted by molar-refractivity contribution is 0.478. The number of rotatable bonds is 2. The number of piperidine rings is 1. The topological polar surface area (TPSA) is 37.0 Å². The second-order valence-corrected chi connectivity index (χ2v) is 4.45. The third kappa shape index (κ3) is 2.69. The lowest BCUT2D eigenvalue weighted by Gasteiger charge is -2.24. The highest BCUT2D eigenvalue weighted by molar-refractivity contribution is 9.10. The minimum absolute atomic E-state index is 0.574. The maximum absolute atomic E-state index is 4.29. The van der Waals surface area contributed by atoms with Gasteiger partial charge in [-0.3, -0.25) is 0 Å². The lowest BCUT2D eigenvalue weighted by atomic mass is 10.1. The first-order valence-corrected chi connectivity index (χ1v) is 5.73. The summed E-state index contributed by atoms with van der Waals surface area (Å²) in [5.41, 5.74) is 0. The number of hydrogen-bond acceptors (Lipinski definition) is 3. The average Bonchev–Trinajstić information content (AvgIpc) is 2.23. The molecule has 0 aliphatic carbocycles. The van der Waals surface area contributed by atoms with Gasteiger partial charge in [-0.2, -0.15) is 0 Å². The molecule has 0 unspecified atom stereocenters. The van der Waals surface area contributed by atoms with E-state index in [0.29, 0.717) is 6.04 Å². The summed E-state index contributed by atoms with van der Waals surface area (Å²) in [5, 5.41) is 6.78. The van der Waals surface area contributed by atoms with Gasteiger partial charge in [-0.15, -0.1) is 0 Å². The molecule has 0 saturated carbocycles. The van der Waals surface area contributed by atoms with Gasteiger partial charge in [0.1, 0.15) is 5.82 Å². The molecule has 0 spiro atoms. The van der Waals surface area contributed by atoms with E-state index in [1.807, 2.05) is 18.3 Å².